The summed E-state index contributed by atoms with van der Waals surface area (Å²) in [6, 6.07) is 12.7. The number of hydrogen-bond acceptors (Lipinski definition) is 4. The molecule has 132 valence electrons. The molecule has 0 aromatic heterocycles. The largest absolute Gasteiger partial charge is 0.493 e. The smallest absolute Gasteiger partial charge is 0.251 e. The molecule has 1 aliphatic heterocycles. The van der Waals surface area contributed by atoms with Gasteiger partial charge < -0.3 is 20.1 Å². The van der Waals surface area contributed by atoms with E-state index in [0.29, 0.717) is 41.2 Å². The van der Waals surface area contributed by atoms with Gasteiger partial charge in [-0.15, -0.1) is 0 Å². The van der Waals surface area contributed by atoms with Gasteiger partial charge in [-0.3, -0.25) is 4.79 Å². The molecule has 0 radical (unpaired) electrons. The fourth-order valence-corrected chi connectivity index (χ4v) is 2.72. The van der Waals surface area contributed by atoms with Crippen LogP contribution in [0.1, 0.15) is 15.9 Å². The molecule has 1 heterocycles. The topological polar surface area (TPSA) is 59.6 Å². The second-order valence-corrected chi connectivity index (χ2v) is 6.39. The molecular formula is C19H21ClN2O3. The highest BCUT2D eigenvalue weighted by molar-refractivity contribution is 6.31. The molecule has 0 atom stereocenters. The van der Waals surface area contributed by atoms with Crippen molar-refractivity contribution in [2.75, 3.05) is 26.7 Å². The Balaban J connectivity index is 1.64. The van der Waals surface area contributed by atoms with E-state index < -0.39 is 0 Å². The lowest BCUT2D eigenvalue weighted by Crippen LogP contribution is -2.48. The van der Waals surface area contributed by atoms with Gasteiger partial charge in [-0.05, 0) is 24.3 Å². The summed E-state index contributed by atoms with van der Waals surface area (Å²) in [7, 11) is 1.55. The van der Waals surface area contributed by atoms with Crippen molar-refractivity contribution in [1.29, 1.82) is 0 Å². The van der Waals surface area contributed by atoms with E-state index in [0.717, 1.165) is 18.7 Å². The van der Waals surface area contributed by atoms with Gasteiger partial charge in [0.15, 0.2) is 11.5 Å². The third-order valence-corrected chi connectivity index (χ3v) is 4.55. The number of ether oxygens (including phenoxy) is 2. The number of carbonyl (C=O) groups is 1. The SMILES string of the molecule is COc1cc(C(=O)NCC2CNC2)ccc1OCc1ccccc1Cl. The zero-order valence-electron chi connectivity index (χ0n) is 14.0. The number of methoxy groups -OCH3 is 1. The van der Waals surface area contributed by atoms with Crippen LogP contribution in [0.4, 0.5) is 0 Å². The average Bonchev–Trinajstić information content (AvgIpc) is 2.59. The highest BCUT2D eigenvalue weighted by Crippen LogP contribution is 2.29. The van der Waals surface area contributed by atoms with Crippen LogP contribution in [0, 0.1) is 5.92 Å². The molecule has 0 aliphatic carbocycles. The number of amides is 1. The zero-order chi connectivity index (χ0) is 17.6. The third kappa shape index (κ3) is 4.44. The molecule has 2 aromatic rings. The molecule has 1 fully saturated rings. The Hall–Kier alpha value is -2.24. The van der Waals surface area contributed by atoms with Crippen LogP contribution in [0.5, 0.6) is 11.5 Å². The quantitative estimate of drug-likeness (QED) is 0.797. The molecule has 1 aliphatic rings. The highest BCUT2D eigenvalue weighted by Gasteiger charge is 2.18. The Morgan fingerprint density at radius 3 is 2.72 bits per heavy atom. The maximum Gasteiger partial charge on any atom is 0.251 e. The van der Waals surface area contributed by atoms with Crippen LogP contribution in [-0.2, 0) is 6.61 Å². The summed E-state index contributed by atoms with van der Waals surface area (Å²) in [5, 5.41) is 6.78. The molecular weight excluding hydrogens is 340 g/mol. The summed E-state index contributed by atoms with van der Waals surface area (Å²) in [5.74, 6) is 1.50. The van der Waals surface area contributed by atoms with Crippen LogP contribution in [0.3, 0.4) is 0 Å². The number of rotatable bonds is 7. The molecule has 2 N–H and O–H groups in total. The maximum atomic E-state index is 12.2. The van der Waals surface area contributed by atoms with Crippen LogP contribution in [0.15, 0.2) is 42.5 Å². The van der Waals surface area contributed by atoms with Gasteiger partial charge in [0.05, 0.1) is 7.11 Å². The van der Waals surface area contributed by atoms with Crippen molar-refractivity contribution in [1.82, 2.24) is 10.6 Å². The first kappa shape index (κ1) is 17.6. The summed E-state index contributed by atoms with van der Waals surface area (Å²) in [6.07, 6.45) is 0. The van der Waals surface area contributed by atoms with Crippen molar-refractivity contribution in [3.05, 3.63) is 58.6 Å². The minimum Gasteiger partial charge on any atom is -0.493 e. The van der Waals surface area contributed by atoms with Crippen molar-refractivity contribution in [3.63, 3.8) is 0 Å². The molecule has 25 heavy (non-hydrogen) atoms. The summed E-state index contributed by atoms with van der Waals surface area (Å²) in [5.41, 5.74) is 1.44. The van der Waals surface area contributed by atoms with E-state index in [2.05, 4.69) is 10.6 Å². The van der Waals surface area contributed by atoms with Crippen LogP contribution in [0.25, 0.3) is 0 Å². The lowest BCUT2D eigenvalue weighted by atomic mass is 10.0. The van der Waals surface area contributed by atoms with Crippen LogP contribution in [0.2, 0.25) is 5.02 Å². The molecule has 5 nitrogen and oxygen atoms in total. The van der Waals surface area contributed by atoms with Crippen molar-refractivity contribution >= 4 is 17.5 Å². The van der Waals surface area contributed by atoms with Crippen molar-refractivity contribution in [2.24, 2.45) is 5.92 Å². The van der Waals surface area contributed by atoms with Gasteiger partial charge in [0.2, 0.25) is 0 Å². The van der Waals surface area contributed by atoms with Crippen molar-refractivity contribution < 1.29 is 14.3 Å². The Morgan fingerprint density at radius 1 is 1.24 bits per heavy atom. The minimum absolute atomic E-state index is 0.108. The second-order valence-electron chi connectivity index (χ2n) is 5.98. The third-order valence-electron chi connectivity index (χ3n) is 4.18. The lowest BCUT2D eigenvalue weighted by Gasteiger charge is -2.27. The number of carbonyl (C=O) groups excluding carboxylic acids is 1. The Morgan fingerprint density at radius 2 is 2.04 bits per heavy atom. The van der Waals surface area contributed by atoms with E-state index >= 15 is 0 Å². The van der Waals surface area contributed by atoms with Gasteiger partial charge in [0.1, 0.15) is 6.61 Å². The van der Waals surface area contributed by atoms with Gasteiger partial charge >= 0.3 is 0 Å². The standard InChI is InChI=1S/C19H21ClN2O3/c1-24-18-8-14(19(23)22-11-13-9-21-10-13)6-7-17(18)25-12-15-4-2-3-5-16(15)20/h2-8,13,21H,9-12H2,1H3,(H,22,23). The number of hydrogen-bond donors (Lipinski definition) is 2. The summed E-state index contributed by atoms with van der Waals surface area (Å²) in [6.45, 7) is 2.92. The van der Waals surface area contributed by atoms with Crippen molar-refractivity contribution in [2.45, 2.75) is 6.61 Å². The maximum absolute atomic E-state index is 12.2. The molecule has 1 amide bonds. The fraction of sp³-hybridized carbons (Fsp3) is 0.316. The van der Waals surface area contributed by atoms with Crippen LogP contribution in [-0.4, -0.2) is 32.7 Å². The molecule has 0 spiro atoms. The first-order valence-corrected chi connectivity index (χ1v) is 8.58. The second kappa shape index (κ2) is 8.23. The average molecular weight is 361 g/mol. The van der Waals surface area contributed by atoms with E-state index in [9.17, 15) is 4.79 Å². The number of nitrogens with one attached hydrogen (secondary N) is 2. The molecule has 1 saturated heterocycles. The monoisotopic (exact) mass is 360 g/mol. The van der Waals surface area contributed by atoms with Gasteiger partial charge in [0, 0.05) is 41.7 Å². The normalized spacial score (nSPS) is 13.8. The van der Waals surface area contributed by atoms with E-state index in [4.69, 9.17) is 21.1 Å². The summed E-state index contributed by atoms with van der Waals surface area (Å²) >= 11 is 6.14. The molecule has 2 aromatic carbocycles. The molecule has 6 heteroatoms. The van der Waals surface area contributed by atoms with Gasteiger partial charge in [0.25, 0.3) is 5.91 Å². The van der Waals surface area contributed by atoms with E-state index in [1.165, 1.54) is 0 Å². The number of halogens is 1. The fourth-order valence-electron chi connectivity index (χ4n) is 2.53. The number of benzene rings is 2. The highest BCUT2D eigenvalue weighted by atomic mass is 35.5. The molecule has 0 bridgehead atoms. The Kier molecular flexibility index (Phi) is 5.79. The van der Waals surface area contributed by atoms with E-state index in [1.54, 1.807) is 25.3 Å². The van der Waals surface area contributed by atoms with Gasteiger partial charge in [-0.1, -0.05) is 29.8 Å². The predicted molar refractivity (Wildman–Crippen MR) is 97.5 cm³/mol. The van der Waals surface area contributed by atoms with E-state index in [-0.39, 0.29) is 5.91 Å². The summed E-state index contributed by atoms with van der Waals surface area (Å²) < 4.78 is 11.2. The molecule has 0 unspecified atom stereocenters. The van der Waals surface area contributed by atoms with Crippen LogP contribution >= 0.6 is 11.6 Å². The Labute approximate surface area is 152 Å². The summed E-state index contributed by atoms with van der Waals surface area (Å²) in [4.78, 5) is 12.2. The molecule has 3 rings (SSSR count). The predicted octanol–water partition coefficient (Wildman–Crippen LogP) is 2.88. The first-order valence-electron chi connectivity index (χ1n) is 8.20. The van der Waals surface area contributed by atoms with Crippen molar-refractivity contribution in [3.8, 4) is 11.5 Å². The lowest BCUT2D eigenvalue weighted by molar-refractivity contribution is 0.0942. The van der Waals surface area contributed by atoms with Gasteiger partial charge in [-0.2, -0.15) is 0 Å². The van der Waals surface area contributed by atoms with E-state index in [1.807, 2.05) is 24.3 Å². The first-order chi connectivity index (χ1) is 12.2. The zero-order valence-corrected chi connectivity index (χ0v) is 14.8. The Bertz CT molecular complexity index is 747. The van der Waals surface area contributed by atoms with Crippen LogP contribution < -0.4 is 20.1 Å². The van der Waals surface area contributed by atoms with Gasteiger partial charge in [-0.25, -0.2) is 0 Å². The minimum atomic E-state index is -0.108. The molecule has 0 saturated carbocycles.